The van der Waals surface area contributed by atoms with Gasteiger partial charge in [0, 0.05) is 32.6 Å². The number of aromatic nitrogens is 2. The lowest BCUT2D eigenvalue weighted by molar-refractivity contribution is 0.0907. The first-order valence-electron chi connectivity index (χ1n) is 8.78. The normalized spacial score (nSPS) is 31.0. The van der Waals surface area contributed by atoms with Crippen molar-refractivity contribution in [2.24, 2.45) is 18.9 Å². The van der Waals surface area contributed by atoms with Gasteiger partial charge in [-0.15, -0.1) is 0 Å². The fraction of sp³-hybridized carbons (Fsp3) is 0.765. The molecule has 2 amide bonds. The molecule has 6 nitrogen and oxygen atoms in total. The molecule has 0 aromatic carbocycles. The van der Waals surface area contributed by atoms with Gasteiger partial charge in [-0.05, 0) is 24.7 Å². The van der Waals surface area contributed by atoms with Crippen molar-refractivity contribution in [2.45, 2.75) is 51.2 Å². The van der Waals surface area contributed by atoms with Crippen LogP contribution in [0.4, 0.5) is 4.79 Å². The number of nitrogens with zero attached hydrogens (tertiary/aromatic N) is 2. The molecule has 1 aliphatic carbocycles. The number of ether oxygens (including phenoxy) is 1. The molecule has 1 aliphatic heterocycles. The molecule has 2 fully saturated rings. The van der Waals surface area contributed by atoms with Gasteiger partial charge >= 0.3 is 6.03 Å². The summed E-state index contributed by atoms with van der Waals surface area (Å²) in [6.07, 6.45) is 9.46. The zero-order valence-electron chi connectivity index (χ0n) is 14.1. The lowest BCUT2D eigenvalue weighted by atomic mass is 9.80. The van der Waals surface area contributed by atoms with Crippen LogP contribution in [0, 0.1) is 11.8 Å². The number of carbonyl (C=O) groups excluding carboxylic acids is 1. The standard InChI is InChI=1S/C17H28N4O2/c1-12-5-3-4-6-13(12)11-19-17(22)20-14-7-10-23-15(14)16-18-8-9-21(16)2/h8-9,12-15H,3-7,10-11H2,1-2H3,(H2,19,20,22)/t12-,13+,14+,15+/m1/s1. The van der Waals surface area contributed by atoms with Crippen LogP contribution in [0.15, 0.2) is 12.4 Å². The summed E-state index contributed by atoms with van der Waals surface area (Å²) in [5, 5.41) is 6.13. The number of hydrogen-bond donors (Lipinski definition) is 2. The molecular weight excluding hydrogens is 292 g/mol. The Hall–Kier alpha value is -1.56. The number of nitrogens with one attached hydrogen (secondary N) is 2. The average molecular weight is 320 g/mol. The molecule has 1 aromatic heterocycles. The Kier molecular flexibility index (Phi) is 5.20. The Labute approximate surface area is 138 Å². The number of rotatable bonds is 4. The second-order valence-corrected chi connectivity index (χ2v) is 6.96. The quantitative estimate of drug-likeness (QED) is 0.895. The first kappa shape index (κ1) is 16.3. The Morgan fingerprint density at radius 3 is 2.96 bits per heavy atom. The molecule has 2 N–H and O–H groups in total. The molecular formula is C17H28N4O2. The number of urea groups is 1. The monoisotopic (exact) mass is 320 g/mol. The van der Waals surface area contributed by atoms with Crippen molar-refractivity contribution in [2.75, 3.05) is 13.2 Å². The first-order chi connectivity index (χ1) is 11.1. The number of amides is 2. The van der Waals surface area contributed by atoms with Crippen molar-refractivity contribution in [3.05, 3.63) is 18.2 Å². The Morgan fingerprint density at radius 2 is 2.22 bits per heavy atom. The number of hydrogen-bond acceptors (Lipinski definition) is 3. The van der Waals surface area contributed by atoms with Crippen molar-refractivity contribution in [3.8, 4) is 0 Å². The van der Waals surface area contributed by atoms with E-state index in [-0.39, 0.29) is 18.2 Å². The maximum atomic E-state index is 12.2. The second kappa shape index (κ2) is 7.34. The predicted octanol–water partition coefficient (Wildman–Crippen LogP) is 2.38. The molecule has 23 heavy (non-hydrogen) atoms. The molecule has 2 heterocycles. The van der Waals surface area contributed by atoms with E-state index in [1.54, 1.807) is 6.20 Å². The molecule has 1 aromatic rings. The molecule has 0 unspecified atom stereocenters. The summed E-state index contributed by atoms with van der Waals surface area (Å²) in [6, 6.07) is -0.0997. The largest absolute Gasteiger partial charge is 0.368 e. The highest BCUT2D eigenvalue weighted by Crippen LogP contribution is 2.29. The van der Waals surface area contributed by atoms with Gasteiger partial charge in [0.2, 0.25) is 0 Å². The lowest BCUT2D eigenvalue weighted by Gasteiger charge is -2.29. The third-order valence-electron chi connectivity index (χ3n) is 5.34. The van der Waals surface area contributed by atoms with E-state index < -0.39 is 0 Å². The summed E-state index contributed by atoms with van der Waals surface area (Å²) in [5.74, 6) is 2.19. The zero-order chi connectivity index (χ0) is 16.2. The third-order valence-corrected chi connectivity index (χ3v) is 5.34. The molecule has 2 aliphatic rings. The van der Waals surface area contributed by atoms with E-state index >= 15 is 0 Å². The number of aryl methyl sites for hydroxylation is 1. The van der Waals surface area contributed by atoms with Gasteiger partial charge in [0.15, 0.2) is 0 Å². The van der Waals surface area contributed by atoms with Crippen LogP contribution in [-0.2, 0) is 11.8 Å². The van der Waals surface area contributed by atoms with E-state index in [1.165, 1.54) is 25.7 Å². The molecule has 4 atom stereocenters. The van der Waals surface area contributed by atoms with Crippen LogP contribution in [0.3, 0.4) is 0 Å². The van der Waals surface area contributed by atoms with Crippen LogP contribution >= 0.6 is 0 Å². The summed E-state index contributed by atoms with van der Waals surface area (Å²) in [6.45, 7) is 3.72. The van der Waals surface area contributed by atoms with E-state index in [0.717, 1.165) is 18.8 Å². The SMILES string of the molecule is C[C@@H]1CCCC[C@H]1CNC(=O)N[C@H]1CCO[C@@H]1c1nccn1C. The Bertz CT molecular complexity index is 530. The maximum Gasteiger partial charge on any atom is 0.315 e. The van der Waals surface area contributed by atoms with Crippen LogP contribution in [-0.4, -0.2) is 34.8 Å². The minimum atomic E-state index is -0.158. The summed E-state index contributed by atoms with van der Waals surface area (Å²) in [7, 11) is 1.95. The van der Waals surface area contributed by atoms with Gasteiger partial charge in [-0.2, -0.15) is 0 Å². The van der Waals surface area contributed by atoms with Gasteiger partial charge in [0.25, 0.3) is 0 Å². The highest BCUT2D eigenvalue weighted by atomic mass is 16.5. The Balaban J connectivity index is 1.50. The average Bonchev–Trinajstić information content (AvgIpc) is 3.15. The maximum absolute atomic E-state index is 12.2. The molecule has 0 bridgehead atoms. The van der Waals surface area contributed by atoms with Crippen molar-refractivity contribution in [1.29, 1.82) is 0 Å². The summed E-state index contributed by atoms with van der Waals surface area (Å²) >= 11 is 0. The first-order valence-corrected chi connectivity index (χ1v) is 8.78. The van der Waals surface area contributed by atoms with Crippen LogP contribution < -0.4 is 10.6 Å². The van der Waals surface area contributed by atoms with Crippen LogP contribution in [0.5, 0.6) is 0 Å². The molecule has 3 rings (SSSR count). The fourth-order valence-electron chi connectivity index (χ4n) is 3.78. The van der Waals surface area contributed by atoms with Crippen molar-refractivity contribution < 1.29 is 9.53 Å². The second-order valence-electron chi connectivity index (χ2n) is 6.96. The van der Waals surface area contributed by atoms with Crippen molar-refractivity contribution in [1.82, 2.24) is 20.2 Å². The smallest absolute Gasteiger partial charge is 0.315 e. The van der Waals surface area contributed by atoms with E-state index in [9.17, 15) is 4.79 Å². The van der Waals surface area contributed by atoms with Gasteiger partial charge < -0.3 is 19.9 Å². The lowest BCUT2D eigenvalue weighted by Crippen LogP contribution is -2.45. The zero-order valence-corrected chi connectivity index (χ0v) is 14.1. The highest BCUT2D eigenvalue weighted by molar-refractivity contribution is 5.74. The summed E-state index contributed by atoms with van der Waals surface area (Å²) < 4.78 is 7.73. The van der Waals surface area contributed by atoms with E-state index in [4.69, 9.17) is 4.74 Å². The van der Waals surface area contributed by atoms with Gasteiger partial charge in [-0.25, -0.2) is 9.78 Å². The van der Waals surface area contributed by atoms with Crippen LogP contribution in [0.25, 0.3) is 0 Å². The highest BCUT2D eigenvalue weighted by Gasteiger charge is 2.33. The number of imidazole rings is 1. The molecule has 128 valence electrons. The molecule has 1 saturated carbocycles. The van der Waals surface area contributed by atoms with Crippen LogP contribution in [0.1, 0.15) is 51.0 Å². The van der Waals surface area contributed by atoms with E-state index in [0.29, 0.717) is 18.4 Å². The summed E-state index contributed by atoms with van der Waals surface area (Å²) in [5.41, 5.74) is 0. The minimum absolute atomic E-state index is 0.0140. The van der Waals surface area contributed by atoms with Crippen molar-refractivity contribution in [3.63, 3.8) is 0 Å². The molecule has 0 spiro atoms. The molecule has 0 radical (unpaired) electrons. The third kappa shape index (κ3) is 3.86. The topological polar surface area (TPSA) is 68.2 Å². The molecule has 1 saturated heterocycles. The van der Waals surface area contributed by atoms with E-state index in [1.807, 2.05) is 17.8 Å². The van der Waals surface area contributed by atoms with Crippen LogP contribution in [0.2, 0.25) is 0 Å². The number of carbonyl (C=O) groups is 1. The summed E-state index contributed by atoms with van der Waals surface area (Å²) in [4.78, 5) is 16.6. The molecule has 6 heteroatoms. The minimum Gasteiger partial charge on any atom is -0.368 e. The van der Waals surface area contributed by atoms with Gasteiger partial charge in [0.1, 0.15) is 11.9 Å². The van der Waals surface area contributed by atoms with Crippen molar-refractivity contribution >= 4 is 6.03 Å². The van der Waals surface area contributed by atoms with E-state index in [2.05, 4.69) is 22.5 Å². The van der Waals surface area contributed by atoms with Gasteiger partial charge in [-0.1, -0.05) is 26.2 Å². The fourth-order valence-corrected chi connectivity index (χ4v) is 3.78. The predicted molar refractivity (Wildman–Crippen MR) is 88.0 cm³/mol. The Morgan fingerprint density at radius 1 is 1.39 bits per heavy atom. The van der Waals surface area contributed by atoms with Gasteiger partial charge in [-0.3, -0.25) is 0 Å². The van der Waals surface area contributed by atoms with Gasteiger partial charge in [0.05, 0.1) is 6.04 Å².